The molecule has 0 radical (unpaired) electrons. The highest BCUT2D eigenvalue weighted by atomic mass is 32.2. The van der Waals surface area contributed by atoms with E-state index in [1.165, 1.54) is 4.31 Å². The van der Waals surface area contributed by atoms with Crippen LogP contribution in [-0.2, 0) is 16.4 Å². The highest BCUT2D eigenvalue weighted by Gasteiger charge is 2.24. The van der Waals surface area contributed by atoms with Gasteiger partial charge in [0.2, 0.25) is 10.0 Å². The van der Waals surface area contributed by atoms with Crippen molar-refractivity contribution >= 4 is 10.0 Å². The highest BCUT2D eigenvalue weighted by molar-refractivity contribution is 7.89. The Morgan fingerprint density at radius 2 is 1.52 bits per heavy atom. The minimum absolute atomic E-state index is 0.418. The Morgan fingerprint density at radius 1 is 0.926 bits per heavy atom. The predicted octanol–water partition coefficient (Wildman–Crippen LogP) is 3.88. The molecular formula is C21H29NO4S. The van der Waals surface area contributed by atoms with Crippen molar-refractivity contribution in [2.75, 3.05) is 27.8 Å². The molecule has 5 nitrogen and oxygen atoms in total. The van der Waals surface area contributed by atoms with Crippen molar-refractivity contribution in [3.63, 3.8) is 0 Å². The van der Waals surface area contributed by atoms with Gasteiger partial charge in [-0.05, 0) is 62.4 Å². The van der Waals surface area contributed by atoms with E-state index in [4.69, 9.17) is 9.47 Å². The van der Waals surface area contributed by atoms with E-state index in [1.807, 2.05) is 51.1 Å². The number of aryl methyl sites for hydroxylation is 4. The molecule has 2 aromatic carbocycles. The van der Waals surface area contributed by atoms with E-state index in [9.17, 15) is 8.42 Å². The average molecular weight is 392 g/mol. The SMILES string of the molecule is COc1ccc(CCCN(C)S(=O)(=O)c2c(C)cc(C)cc2C)cc1OC. The summed E-state index contributed by atoms with van der Waals surface area (Å²) < 4.78 is 38.0. The van der Waals surface area contributed by atoms with Crippen LogP contribution in [-0.4, -0.2) is 40.5 Å². The zero-order valence-corrected chi connectivity index (χ0v) is 17.8. The molecule has 0 spiro atoms. The van der Waals surface area contributed by atoms with Gasteiger partial charge in [-0.15, -0.1) is 0 Å². The first kappa shape index (κ1) is 21.3. The van der Waals surface area contributed by atoms with Gasteiger partial charge in [-0.1, -0.05) is 23.8 Å². The molecule has 2 aromatic rings. The predicted molar refractivity (Wildman–Crippen MR) is 108 cm³/mol. The van der Waals surface area contributed by atoms with Gasteiger partial charge in [0.25, 0.3) is 0 Å². The number of methoxy groups -OCH3 is 2. The number of benzene rings is 2. The molecule has 0 fully saturated rings. The number of sulfonamides is 1. The van der Waals surface area contributed by atoms with Gasteiger partial charge in [0.15, 0.2) is 11.5 Å². The minimum Gasteiger partial charge on any atom is -0.493 e. The first-order valence-electron chi connectivity index (χ1n) is 8.95. The fraction of sp³-hybridized carbons (Fsp3) is 0.429. The van der Waals surface area contributed by atoms with Gasteiger partial charge in [-0.3, -0.25) is 0 Å². The number of ether oxygens (including phenoxy) is 2. The Hall–Kier alpha value is -2.05. The van der Waals surface area contributed by atoms with Crippen LogP contribution in [0.1, 0.15) is 28.7 Å². The van der Waals surface area contributed by atoms with Gasteiger partial charge in [0.1, 0.15) is 0 Å². The van der Waals surface area contributed by atoms with Crippen molar-refractivity contribution in [1.82, 2.24) is 4.31 Å². The summed E-state index contributed by atoms with van der Waals surface area (Å²) in [4.78, 5) is 0.418. The molecule has 0 aromatic heterocycles. The van der Waals surface area contributed by atoms with E-state index in [1.54, 1.807) is 21.3 Å². The molecule has 0 saturated carbocycles. The van der Waals surface area contributed by atoms with E-state index >= 15 is 0 Å². The monoisotopic (exact) mass is 391 g/mol. The van der Waals surface area contributed by atoms with Crippen molar-refractivity contribution < 1.29 is 17.9 Å². The molecule has 0 unspecified atom stereocenters. The van der Waals surface area contributed by atoms with Crippen LogP contribution < -0.4 is 9.47 Å². The van der Waals surface area contributed by atoms with Crippen LogP contribution in [0.4, 0.5) is 0 Å². The summed E-state index contributed by atoms with van der Waals surface area (Å²) in [6, 6.07) is 9.61. The molecule has 0 N–H and O–H groups in total. The lowest BCUT2D eigenvalue weighted by Crippen LogP contribution is -2.29. The maximum Gasteiger partial charge on any atom is 0.243 e. The third kappa shape index (κ3) is 4.82. The second-order valence-electron chi connectivity index (χ2n) is 6.85. The zero-order valence-electron chi connectivity index (χ0n) is 17.0. The van der Waals surface area contributed by atoms with Gasteiger partial charge in [0, 0.05) is 13.6 Å². The molecule has 0 amide bonds. The fourth-order valence-corrected chi connectivity index (χ4v) is 5.00. The normalized spacial score (nSPS) is 11.7. The van der Waals surface area contributed by atoms with Crippen LogP contribution in [0.5, 0.6) is 11.5 Å². The van der Waals surface area contributed by atoms with E-state index in [2.05, 4.69) is 0 Å². The molecular weight excluding hydrogens is 362 g/mol. The Kier molecular flexibility index (Phi) is 6.89. The summed E-state index contributed by atoms with van der Waals surface area (Å²) in [7, 11) is 1.34. The summed E-state index contributed by atoms with van der Waals surface area (Å²) in [5, 5.41) is 0. The molecule has 27 heavy (non-hydrogen) atoms. The van der Waals surface area contributed by atoms with Gasteiger partial charge >= 0.3 is 0 Å². The van der Waals surface area contributed by atoms with Crippen LogP contribution in [0, 0.1) is 20.8 Å². The maximum atomic E-state index is 13.0. The quantitative estimate of drug-likeness (QED) is 0.685. The van der Waals surface area contributed by atoms with Gasteiger partial charge in [-0.25, -0.2) is 12.7 Å². The Labute approximate surface area is 163 Å². The molecule has 6 heteroatoms. The molecule has 0 aliphatic heterocycles. The Bertz CT molecular complexity index is 883. The largest absolute Gasteiger partial charge is 0.493 e. The lowest BCUT2D eigenvalue weighted by molar-refractivity contribution is 0.354. The molecule has 0 bridgehead atoms. The average Bonchev–Trinajstić information content (AvgIpc) is 2.60. The number of hydrogen-bond donors (Lipinski definition) is 0. The van der Waals surface area contributed by atoms with Crippen LogP contribution in [0.3, 0.4) is 0 Å². The van der Waals surface area contributed by atoms with Gasteiger partial charge in [-0.2, -0.15) is 0 Å². The zero-order chi connectivity index (χ0) is 20.2. The smallest absolute Gasteiger partial charge is 0.243 e. The third-order valence-electron chi connectivity index (χ3n) is 4.66. The lowest BCUT2D eigenvalue weighted by Gasteiger charge is -2.20. The second kappa shape index (κ2) is 8.76. The molecule has 148 valence electrons. The van der Waals surface area contributed by atoms with Gasteiger partial charge < -0.3 is 9.47 Å². The van der Waals surface area contributed by atoms with Crippen LogP contribution in [0.2, 0.25) is 0 Å². The molecule has 2 rings (SSSR count). The van der Waals surface area contributed by atoms with E-state index in [-0.39, 0.29) is 0 Å². The summed E-state index contributed by atoms with van der Waals surface area (Å²) in [5.41, 5.74) is 3.74. The number of rotatable bonds is 8. The Balaban J connectivity index is 2.08. The standard InChI is InChI=1S/C21H29NO4S/c1-15-12-16(2)21(17(3)13-15)27(23,24)22(4)11-7-8-18-9-10-19(25-5)20(14-18)26-6/h9-10,12-14H,7-8,11H2,1-6H3. The lowest BCUT2D eigenvalue weighted by atomic mass is 10.1. The second-order valence-corrected chi connectivity index (χ2v) is 8.83. The topological polar surface area (TPSA) is 55.8 Å². The molecule has 0 saturated heterocycles. The van der Waals surface area contributed by atoms with E-state index in [0.717, 1.165) is 35.1 Å². The van der Waals surface area contributed by atoms with Crippen molar-refractivity contribution in [2.24, 2.45) is 0 Å². The molecule has 0 heterocycles. The molecule has 0 aliphatic carbocycles. The van der Waals surface area contributed by atoms with Crippen LogP contribution >= 0.6 is 0 Å². The summed E-state index contributed by atoms with van der Waals surface area (Å²) >= 11 is 0. The first-order valence-corrected chi connectivity index (χ1v) is 10.4. The minimum atomic E-state index is -3.51. The van der Waals surface area contributed by atoms with Crippen molar-refractivity contribution in [2.45, 2.75) is 38.5 Å². The van der Waals surface area contributed by atoms with Crippen molar-refractivity contribution in [3.05, 3.63) is 52.6 Å². The van der Waals surface area contributed by atoms with Crippen LogP contribution in [0.15, 0.2) is 35.2 Å². The van der Waals surface area contributed by atoms with E-state index < -0.39 is 10.0 Å². The third-order valence-corrected chi connectivity index (χ3v) is 6.82. The summed E-state index contributed by atoms with van der Waals surface area (Å²) in [6.07, 6.45) is 1.47. The number of hydrogen-bond acceptors (Lipinski definition) is 4. The molecule has 0 atom stereocenters. The number of nitrogens with zero attached hydrogens (tertiary/aromatic N) is 1. The Morgan fingerprint density at radius 3 is 2.07 bits per heavy atom. The van der Waals surface area contributed by atoms with Crippen molar-refractivity contribution in [1.29, 1.82) is 0 Å². The van der Waals surface area contributed by atoms with Gasteiger partial charge in [0.05, 0.1) is 19.1 Å². The van der Waals surface area contributed by atoms with Crippen molar-refractivity contribution in [3.8, 4) is 11.5 Å². The first-order chi connectivity index (χ1) is 12.7. The highest BCUT2D eigenvalue weighted by Crippen LogP contribution is 2.28. The van der Waals surface area contributed by atoms with E-state index in [0.29, 0.717) is 22.9 Å². The summed E-state index contributed by atoms with van der Waals surface area (Å²) in [6.45, 7) is 6.13. The van der Waals surface area contributed by atoms with Crippen LogP contribution in [0.25, 0.3) is 0 Å². The molecule has 0 aliphatic rings. The maximum absolute atomic E-state index is 13.0. The fourth-order valence-electron chi connectivity index (χ4n) is 3.39. The summed E-state index contributed by atoms with van der Waals surface area (Å²) in [5.74, 6) is 1.37.